The lowest BCUT2D eigenvalue weighted by Crippen LogP contribution is -2.26. The molecule has 0 saturated heterocycles. The van der Waals surface area contributed by atoms with E-state index in [1.54, 1.807) is 11.9 Å². The van der Waals surface area contributed by atoms with Gasteiger partial charge in [0.2, 0.25) is 5.95 Å². The van der Waals surface area contributed by atoms with Crippen molar-refractivity contribution >= 4 is 11.9 Å². The van der Waals surface area contributed by atoms with Crippen LogP contribution in [0.2, 0.25) is 0 Å². The predicted molar refractivity (Wildman–Crippen MR) is 110 cm³/mol. The molecule has 7 nitrogen and oxygen atoms in total. The smallest absolute Gasteiger partial charge is 0.339 e. The standard InChI is InChI=1S/C22H22FN3O4/c1-15-5-3-4-6-20(15)29-12-11-26(2)22-24-13-18(21(27)28)19(25-22)14-30-17-9-7-16(23)8-10-17/h3-10,13H,11-12,14H2,1-2H3,(H,27,28). The topological polar surface area (TPSA) is 84.8 Å². The van der Waals surface area contributed by atoms with E-state index in [-0.39, 0.29) is 23.7 Å². The maximum atomic E-state index is 13.0. The summed E-state index contributed by atoms with van der Waals surface area (Å²) < 4.78 is 24.4. The van der Waals surface area contributed by atoms with Gasteiger partial charge in [0.15, 0.2) is 0 Å². The van der Waals surface area contributed by atoms with Gasteiger partial charge in [-0.1, -0.05) is 18.2 Å². The molecule has 0 spiro atoms. The molecule has 156 valence electrons. The molecule has 3 rings (SSSR count). The first-order valence-corrected chi connectivity index (χ1v) is 9.31. The quantitative estimate of drug-likeness (QED) is 0.574. The van der Waals surface area contributed by atoms with Gasteiger partial charge in [-0.25, -0.2) is 19.2 Å². The van der Waals surface area contributed by atoms with Gasteiger partial charge in [0.05, 0.1) is 12.2 Å². The Morgan fingerprint density at radius 2 is 1.87 bits per heavy atom. The van der Waals surface area contributed by atoms with Crippen molar-refractivity contribution in [2.75, 3.05) is 25.1 Å². The van der Waals surface area contributed by atoms with Crippen molar-refractivity contribution in [1.82, 2.24) is 9.97 Å². The number of nitrogens with zero attached hydrogens (tertiary/aromatic N) is 3. The third kappa shape index (κ3) is 5.44. The first kappa shape index (κ1) is 21.0. The molecular formula is C22H22FN3O4. The van der Waals surface area contributed by atoms with Crippen molar-refractivity contribution in [3.05, 3.63) is 77.4 Å². The van der Waals surface area contributed by atoms with Gasteiger partial charge in [0.25, 0.3) is 0 Å². The molecule has 0 radical (unpaired) electrons. The number of hydrogen-bond acceptors (Lipinski definition) is 6. The highest BCUT2D eigenvalue weighted by Crippen LogP contribution is 2.18. The van der Waals surface area contributed by atoms with E-state index in [0.717, 1.165) is 11.3 Å². The minimum absolute atomic E-state index is 0.0505. The van der Waals surface area contributed by atoms with E-state index >= 15 is 0 Å². The molecule has 30 heavy (non-hydrogen) atoms. The van der Waals surface area contributed by atoms with Crippen molar-refractivity contribution in [1.29, 1.82) is 0 Å². The second-order valence-electron chi connectivity index (χ2n) is 6.61. The van der Waals surface area contributed by atoms with Gasteiger partial charge in [0, 0.05) is 13.2 Å². The molecule has 0 amide bonds. The molecule has 0 fully saturated rings. The lowest BCUT2D eigenvalue weighted by molar-refractivity contribution is 0.0692. The molecule has 1 heterocycles. The minimum Gasteiger partial charge on any atom is -0.491 e. The monoisotopic (exact) mass is 411 g/mol. The maximum absolute atomic E-state index is 13.0. The van der Waals surface area contributed by atoms with Crippen molar-refractivity contribution < 1.29 is 23.8 Å². The zero-order valence-corrected chi connectivity index (χ0v) is 16.7. The predicted octanol–water partition coefficient (Wildman–Crippen LogP) is 3.72. The number of hydrogen-bond donors (Lipinski definition) is 1. The van der Waals surface area contributed by atoms with Gasteiger partial charge in [-0.2, -0.15) is 0 Å². The second kappa shape index (κ2) is 9.69. The van der Waals surface area contributed by atoms with E-state index in [2.05, 4.69) is 9.97 Å². The first-order valence-electron chi connectivity index (χ1n) is 9.31. The average molecular weight is 411 g/mol. The number of carbonyl (C=O) groups is 1. The first-order chi connectivity index (χ1) is 14.4. The van der Waals surface area contributed by atoms with Gasteiger partial charge < -0.3 is 19.5 Å². The third-order valence-corrected chi connectivity index (χ3v) is 4.39. The van der Waals surface area contributed by atoms with Crippen LogP contribution < -0.4 is 14.4 Å². The molecule has 8 heteroatoms. The van der Waals surface area contributed by atoms with Crippen molar-refractivity contribution in [2.45, 2.75) is 13.5 Å². The Labute approximate surface area is 173 Å². The number of halogens is 1. The van der Waals surface area contributed by atoms with Gasteiger partial charge in [-0.3, -0.25) is 0 Å². The number of carboxylic acid groups (broad SMARTS) is 1. The molecule has 0 atom stereocenters. The summed E-state index contributed by atoms with van der Waals surface area (Å²) in [5, 5.41) is 9.40. The third-order valence-electron chi connectivity index (χ3n) is 4.39. The number of likely N-dealkylation sites (N-methyl/N-ethyl adjacent to an activating group) is 1. The van der Waals surface area contributed by atoms with E-state index < -0.39 is 5.97 Å². The number of carboxylic acids is 1. The Kier molecular flexibility index (Phi) is 6.79. The largest absolute Gasteiger partial charge is 0.491 e. The molecule has 1 N–H and O–H groups in total. The van der Waals surface area contributed by atoms with Gasteiger partial charge in [0.1, 0.15) is 36.1 Å². The van der Waals surface area contributed by atoms with Crippen molar-refractivity contribution in [3.63, 3.8) is 0 Å². The zero-order chi connectivity index (χ0) is 21.5. The fourth-order valence-electron chi connectivity index (χ4n) is 2.67. The number of aromatic nitrogens is 2. The van der Waals surface area contributed by atoms with Gasteiger partial charge in [-0.15, -0.1) is 0 Å². The average Bonchev–Trinajstić information content (AvgIpc) is 2.74. The summed E-state index contributed by atoms with van der Waals surface area (Å²) in [6, 6.07) is 13.2. The molecule has 2 aromatic carbocycles. The Morgan fingerprint density at radius 1 is 1.13 bits per heavy atom. The molecule has 0 aliphatic heterocycles. The van der Waals surface area contributed by atoms with Crippen molar-refractivity contribution in [3.8, 4) is 11.5 Å². The summed E-state index contributed by atoms with van der Waals surface area (Å²) in [5.41, 5.74) is 1.22. The van der Waals surface area contributed by atoms with Crippen LogP contribution in [-0.2, 0) is 6.61 Å². The molecule has 3 aromatic rings. The van der Waals surface area contributed by atoms with Crippen LogP contribution in [0.1, 0.15) is 21.6 Å². The molecule has 1 aromatic heterocycles. The Bertz CT molecular complexity index is 1010. The van der Waals surface area contributed by atoms with E-state index in [9.17, 15) is 14.3 Å². The van der Waals surface area contributed by atoms with Crippen LogP contribution in [0, 0.1) is 12.7 Å². The molecule has 0 unspecified atom stereocenters. The van der Waals surface area contributed by atoms with E-state index in [1.807, 2.05) is 31.2 Å². The number of ether oxygens (including phenoxy) is 2. The molecule has 0 aliphatic rings. The molecule has 0 bridgehead atoms. The number of aryl methyl sites for hydroxylation is 1. The fourth-order valence-corrected chi connectivity index (χ4v) is 2.67. The summed E-state index contributed by atoms with van der Waals surface area (Å²) in [6.07, 6.45) is 1.26. The van der Waals surface area contributed by atoms with Crippen molar-refractivity contribution in [2.24, 2.45) is 0 Å². The minimum atomic E-state index is -1.15. The normalized spacial score (nSPS) is 10.5. The fraction of sp³-hybridized carbons (Fsp3) is 0.227. The number of aromatic carboxylic acids is 1. The number of rotatable bonds is 9. The highest BCUT2D eigenvalue weighted by molar-refractivity contribution is 5.88. The lowest BCUT2D eigenvalue weighted by Gasteiger charge is -2.19. The van der Waals surface area contributed by atoms with Crippen LogP contribution in [-0.4, -0.2) is 41.2 Å². The summed E-state index contributed by atoms with van der Waals surface area (Å²) in [7, 11) is 1.79. The summed E-state index contributed by atoms with van der Waals surface area (Å²) in [5.74, 6) is 0.0395. The van der Waals surface area contributed by atoms with Crippen LogP contribution in [0.3, 0.4) is 0 Å². The number of benzene rings is 2. The molecule has 0 aliphatic carbocycles. The Hall–Kier alpha value is -3.68. The van der Waals surface area contributed by atoms with Crippen LogP contribution in [0.25, 0.3) is 0 Å². The van der Waals surface area contributed by atoms with Crippen LogP contribution >= 0.6 is 0 Å². The van der Waals surface area contributed by atoms with Crippen LogP contribution in [0.15, 0.2) is 54.7 Å². The van der Waals surface area contributed by atoms with Gasteiger partial charge in [-0.05, 0) is 42.8 Å². The van der Waals surface area contributed by atoms with Gasteiger partial charge >= 0.3 is 5.97 Å². The second-order valence-corrected chi connectivity index (χ2v) is 6.61. The molecular weight excluding hydrogens is 389 g/mol. The van der Waals surface area contributed by atoms with E-state index in [4.69, 9.17) is 9.47 Å². The number of anilines is 1. The molecule has 0 saturated carbocycles. The van der Waals surface area contributed by atoms with Crippen LogP contribution in [0.4, 0.5) is 10.3 Å². The highest BCUT2D eigenvalue weighted by Gasteiger charge is 2.16. The Morgan fingerprint density at radius 3 is 2.57 bits per heavy atom. The SMILES string of the molecule is Cc1ccccc1OCCN(C)c1ncc(C(=O)O)c(COc2ccc(F)cc2)n1. The summed E-state index contributed by atoms with van der Waals surface area (Å²) in [4.78, 5) is 21.8. The summed E-state index contributed by atoms with van der Waals surface area (Å²) >= 11 is 0. The highest BCUT2D eigenvalue weighted by atomic mass is 19.1. The van der Waals surface area contributed by atoms with Crippen LogP contribution in [0.5, 0.6) is 11.5 Å². The number of para-hydroxylation sites is 1. The Balaban J connectivity index is 1.66. The van der Waals surface area contributed by atoms with E-state index in [1.165, 1.54) is 30.5 Å². The maximum Gasteiger partial charge on any atom is 0.339 e. The lowest BCUT2D eigenvalue weighted by atomic mass is 10.2. The van der Waals surface area contributed by atoms with E-state index in [0.29, 0.717) is 24.8 Å². The zero-order valence-electron chi connectivity index (χ0n) is 16.7. The summed E-state index contributed by atoms with van der Waals surface area (Å²) in [6.45, 7) is 2.79.